The van der Waals surface area contributed by atoms with E-state index in [0.717, 1.165) is 11.0 Å². The number of halogens is 1. The molecule has 0 fully saturated rings. The first kappa shape index (κ1) is 13.3. The highest BCUT2D eigenvalue weighted by atomic mass is 35.5. The van der Waals surface area contributed by atoms with Crippen LogP contribution < -0.4 is 5.73 Å². The van der Waals surface area contributed by atoms with Gasteiger partial charge in [0.25, 0.3) is 0 Å². The zero-order valence-electron chi connectivity index (χ0n) is 10.6. The highest BCUT2D eigenvalue weighted by molar-refractivity contribution is 6.31. The molecule has 1 aromatic heterocycles. The molecule has 4 nitrogen and oxygen atoms in total. The third-order valence-corrected chi connectivity index (χ3v) is 3.17. The van der Waals surface area contributed by atoms with Crippen LogP contribution in [-0.2, 0) is 0 Å². The summed E-state index contributed by atoms with van der Waals surface area (Å²) in [5.41, 5.74) is 7.29. The minimum atomic E-state index is -0.636. The van der Waals surface area contributed by atoms with Gasteiger partial charge in [-0.15, -0.1) is 0 Å². The SMILES string of the molecule is CC(C)n1c(C(O)CCN)nc2cc(Cl)ccc21. The van der Waals surface area contributed by atoms with Gasteiger partial charge in [-0.05, 0) is 45.0 Å². The Kier molecular flexibility index (Phi) is 3.90. The van der Waals surface area contributed by atoms with Gasteiger partial charge in [0.15, 0.2) is 0 Å². The van der Waals surface area contributed by atoms with E-state index in [2.05, 4.69) is 18.8 Å². The third-order valence-electron chi connectivity index (χ3n) is 2.93. The Morgan fingerprint density at radius 2 is 2.17 bits per heavy atom. The molecule has 0 spiro atoms. The number of fused-ring (bicyclic) bond motifs is 1. The fraction of sp³-hybridized carbons (Fsp3) is 0.462. The second-order valence-corrected chi connectivity index (χ2v) is 5.10. The van der Waals surface area contributed by atoms with E-state index in [1.165, 1.54) is 0 Å². The summed E-state index contributed by atoms with van der Waals surface area (Å²) in [4.78, 5) is 4.49. The molecule has 0 aliphatic rings. The van der Waals surface area contributed by atoms with Gasteiger partial charge < -0.3 is 15.4 Å². The van der Waals surface area contributed by atoms with Gasteiger partial charge in [0.1, 0.15) is 11.9 Å². The van der Waals surface area contributed by atoms with Gasteiger partial charge in [0.05, 0.1) is 11.0 Å². The molecule has 0 amide bonds. The molecular weight excluding hydrogens is 250 g/mol. The minimum Gasteiger partial charge on any atom is -0.385 e. The van der Waals surface area contributed by atoms with E-state index >= 15 is 0 Å². The van der Waals surface area contributed by atoms with Crippen LogP contribution in [0.25, 0.3) is 11.0 Å². The van der Waals surface area contributed by atoms with Crippen LogP contribution in [0.1, 0.15) is 38.2 Å². The number of nitrogens with zero attached hydrogens (tertiary/aromatic N) is 2. The lowest BCUT2D eigenvalue weighted by Gasteiger charge is -2.16. The summed E-state index contributed by atoms with van der Waals surface area (Å²) in [6.45, 7) is 4.56. The molecule has 98 valence electrons. The van der Waals surface area contributed by atoms with Crippen LogP contribution >= 0.6 is 11.6 Å². The fourth-order valence-corrected chi connectivity index (χ4v) is 2.32. The molecule has 1 unspecified atom stereocenters. The van der Waals surface area contributed by atoms with E-state index in [9.17, 15) is 5.11 Å². The number of imidazole rings is 1. The number of hydrogen-bond acceptors (Lipinski definition) is 3. The number of aliphatic hydroxyl groups is 1. The van der Waals surface area contributed by atoms with Gasteiger partial charge in [0.2, 0.25) is 0 Å². The van der Waals surface area contributed by atoms with E-state index in [1.807, 2.05) is 22.8 Å². The van der Waals surface area contributed by atoms with Gasteiger partial charge in [-0.2, -0.15) is 0 Å². The lowest BCUT2D eigenvalue weighted by molar-refractivity contribution is 0.155. The fourth-order valence-electron chi connectivity index (χ4n) is 2.16. The molecule has 1 heterocycles. The molecule has 3 N–H and O–H groups in total. The van der Waals surface area contributed by atoms with E-state index in [4.69, 9.17) is 17.3 Å². The lowest BCUT2D eigenvalue weighted by atomic mass is 10.2. The van der Waals surface area contributed by atoms with Crippen LogP contribution in [0.2, 0.25) is 5.02 Å². The maximum Gasteiger partial charge on any atom is 0.139 e. The Morgan fingerprint density at radius 3 is 2.78 bits per heavy atom. The van der Waals surface area contributed by atoms with E-state index < -0.39 is 6.10 Å². The molecule has 2 rings (SSSR count). The zero-order valence-corrected chi connectivity index (χ0v) is 11.4. The van der Waals surface area contributed by atoms with Crippen LogP contribution in [-0.4, -0.2) is 21.2 Å². The highest BCUT2D eigenvalue weighted by Crippen LogP contribution is 2.27. The monoisotopic (exact) mass is 267 g/mol. The van der Waals surface area contributed by atoms with Gasteiger partial charge in [0, 0.05) is 11.1 Å². The molecule has 5 heteroatoms. The molecule has 2 aromatic rings. The normalized spacial score (nSPS) is 13.4. The van der Waals surface area contributed by atoms with Crippen LogP contribution in [0.5, 0.6) is 0 Å². The van der Waals surface area contributed by atoms with Crippen LogP contribution in [0, 0.1) is 0 Å². The van der Waals surface area contributed by atoms with Gasteiger partial charge in [-0.3, -0.25) is 0 Å². The first-order valence-electron chi connectivity index (χ1n) is 6.10. The minimum absolute atomic E-state index is 0.221. The molecule has 1 atom stereocenters. The summed E-state index contributed by atoms with van der Waals surface area (Å²) in [6, 6.07) is 5.81. The number of nitrogens with two attached hydrogens (primary N) is 1. The number of rotatable bonds is 4. The molecule has 1 aromatic carbocycles. The summed E-state index contributed by atoms with van der Waals surface area (Å²) >= 11 is 5.97. The van der Waals surface area contributed by atoms with Crippen molar-refractivity contribution in [3.05, 3.63) is 29.0 Å². The zero-order chi connectivity index (χ0) is 13.3. The van der Waals surface area contributed by atoms with Crippen LogP contribution in [0.3, 0.4) is 0 Å². The first-order chi connectivity index (χ1) is 8.54. The Balaban J connectivity index is 2.60. The highest BCUT2D eigenvalue weighted by Gasteiger charge is 2.19. The van der Waals surface area contributed by atoms with Crippen LogP contribution in [0.4, 0.5) is 0 Å². The lowest BCUT2D eigenvalue weighted by Crippen LogP contribution is -2.14. The van der Waals surface area contributed by atoms with Gasteiger partial charge >= 0.3 is 0 Å². The van der Waals surface area contributed by atoms with Crippen molar-refractivity contribution in [2.24, 2.45) is 5.73 Å². The Labute approximate surface area is 111 Å². The summed E-state index contributed by atoms with van der Waals surface area (Å²) in [5, 5.41) is 10.8. The van der Waals surface area contributed by atoms with Crippen molar-refractivity contribution in [3.8, 4) is 0 Å². The van der Waals surface area contributed by atoms with E-state index in [0.29, 0.717) is 23.8 Å². The molecule has 0 bridgehead atoms. The predicted octanol–water partition coefficient (Wildman–Crippen LogP) is 2.65. The topological polar surface area (TPSA) is 64.1 Å². The standard InChI is InChI=1S/C13H18ClN3O/c1-8(2)17-11-4-3-9(14)7-10(11)16-13(17)12(18)5-6-15/h3-4,7-8,12,18H,5-6,15H2,1-2H3. The molecule has 0 aliphatic heterocycles. The van der Waals surface area contributed by atoms with Crippen molar-refractivity contribution < 1.29 is 5.11 Å². The van der Waals surface area contributed by atoms with Crippen molar-refractivity contribution in [3.63, 3.8) is 0 Å². The van der Waals surface area contributed by atoms with Crippen molar-refractivity contribution in [1.29, 1.82) is 0 Å². The molecule has 18 heavy (non-hydrogen) atoms. The van der Waals surface area contributed by atoms with Crippen molar-refractivity contribution in [2.45, 2.75) is 32.4 Å². The molecule has 0 aliphatic carbocycles. The Hall–Kier alpha value is -1.10. The van der Waals surface area contributed by atoms with Crippen molar-refractivity contribution in [2.75, 3.05) is 6.54 Å². The average molecular weight is 268 g/mol. The number of benzene rings is 1. The van der Waals surface area contributed by atoms with Gasteiger partial charge in [-0.25, -0.2) is 4.98 Å². The Morgan fingerprint density at radius 1 is 1.44 bits per heavy atom. The number of hydrogen-bond donors (Lipinski definition) is 2. The average Bonchev–Trinajstić information content (AvgIpc) is 2.67. The smallest absolute Gasteiger partial charge is 0.139 e. The maximum atomic E-state index is 10.1. The molecular formula is C13H18ClN3O. The second-order valence-electron chi connectivity index (χ2n) is 4.66. The van der Waals surface area contributed by atoms with Crippen molar-refractivity contribution in [1.82, 2.24) is 9.55 Å². The maximum absolute atomic E-state index is 10.1. The Bertz CT molecular complexity index is 550. The van der Waals surface area contributed by atoms with Crippen LogP contribution in [0.15, 0.2) is 18.2 Å². The van der Waals surface area contributed by atoms with Gasteiger partial charge in [-0.1, -0.05) is 11.6 Å². The largest absolute Gasteiger partial charge is 0.385 e. The van der Waals surface area contributed by atoms with E-state index in [-0.39, 0.29) is 6.04 Å². The summed E-state index contributed by atoms with van der Waals surface area (Å²) < 4.78 is 2.03. The number of aromatic nitrogens is 2. The quantitative estimate of drug-likeness (QED) is 0.895. The summed E-state index contributed by atoms with van der Waals surface area (Å²) in [6.07, 6.45) is -0.132. The summed E-state index contributed by atoms with van der Waals surface area (Å²) in [7, 11) is 0. The van der Waals surface area contributed by atoms with E-state index in [1.54, 1.807) is 0 Å². The second kappa shape index (κ2) is 5.26. The first-order valence-corrected chi connectivity index (χ1v) is 6.48. The number of aliphatic hydroxyl groups excluding tert-OH is 1. The predicted molar refractivity (Wildman–Crippen MR) is 73.8 cm³/mol. The third kappa shape index (κ3) is 2.36. The van der Waals surface area contributed by atoms with Crippen molar-refractivity contribution >= 4 is 22.6 Å². The molecule has 0 saturated carbocycles. The molecule has 0 saturated heterocycles. The summed E-state index contributed by atoms with van der Waals surface area (Å²) in [5.74, 6) is 0.660. The molecule has 0 radical (unpaired) electrons.